The van der Waals surface area contributed by atoms with E-state index in [1.807, 2.05) is 0 Å². The number of hydrogen-bond donors (Lipinski definition) is 1. The quantitative estimate of drug-likeness (QED) is 0.859. The van der Waals surface area contributed by atoms with E-state index in [1.54, 1.807) is 20.8 Å². The first kappa shape index (κ1) is 14.4. The van der Waals surface area contributed by atoms with Crippen molar-refractivity contribution < 1.29 is 22.4 Å². The van der Waals surface area contributed by atoms with Gasteiger partial charge in [-0.25, -0.2) is 13.1 Å². The van der Waals surface area contributed by atoms with E-state index in [1.165, 1.54) is 0 Å². The Bertz CT molecular complexity index is 526. The second kappa shape index (κ2) is 5.20. The number of ether oxygens (including phenoxy) is 2. The fourth-order valence-corrected chi connectivity index (χ4v) is 3.40. The molecule has 8 heteroatoms. The molecule has 0 aliphatic carbocycles. The van der Waals surface area contributed by atoms with Gasteiger partial charge in [-0.1, -0.05) is 5.16 Å². The van der Waals surface area contributed by atoms with Gasteiger partial charge in [-0.15, -0.1) is 0 Å². The summed E-state index contributed by atoms with van der Waals surface area (Å²) in [5, 5.41) is 3.64. The van der Waals surface area contributed by atoms with Gasteiger partial charge >= 0.3 is 0 Å². The monoisotopic (exact) mass is 290 g/mol. The van der Waals surface area contributed by atoms with E-state index < -0.39 is 15.8 Å². The molecule has 0 spiro atoms. The van der Waals surface area contributed by atoms with Gasteiger partial charge in [0.25, 0.3) is 0 Å². The Morgan fingerprint density at radius 2 is 1.95 bits per heavy atom. The first-order valence-corrected chi connectivity index (χ1v) is 7.53. The predicted octanol–water partition coefficient (Wildman–Crippen LogP) is 0.723. The number of aromatic nitrogens is 1. The van der Waals surface area contributed by atoms with E-state index in [0.29, 0.717) is 25.3 Å². The van der Waals surface area contributed by atoms with E-state index in [9.17, 15) is 8.42 Å². The molecule has 7 nitrogen and oxygen atoms in total. The van der Waals surface area contributed by atoms with Gasteiger partial charge in [-0.3, -0.25) is 0 Å². The van der Waals surface area contributed by atoms with Crippen LogP contribution in [0, 0.1) is 13.8 Å². The number of hydrogen-bond acceptors (Lipinski definition) is 6. The van der Waals surface area contributed by atoms with Crippen LogP contribution in [0.5, 0.6) is 0 Å². The first-order chi connectivity index (χ1) is 8.84. The maximum atomic E-state index is 12.1. The Kier molecular flexibility index (Phi) is 3.95. The van der Waals surface area contributed by atoms with E-state index >= 15 is 0 Å². The lowest BCUT2D eigenvalue weighted by Crippen LogP contribution is -2.33. The van der Waals surface area contributed by atoms with Crippen LogP contribution in [0.2, 0.25) is 0 Å². The van der Waals surface area contributed by atoms with E-state index in [0.717, 1.165) is 0 Å². The van der Waals surface area contributed by atoms with Gasteiger partial charge < -0.3 is 14.0 Å². The molecule has 19 heavy (non-hydrogen) atoms. The van der Waals surface area contributed by atoms with E-state index in [-0.39, 0.29) is 17.2 Å². The van der Waals surface area contributed by atoms with Gasteiger partial charge in [0.1, 0.15) is 10.6 Å². The molecule has 0 atom stereocenters. The summed E-state index contributed by atoms with van der Waals surface area (Å²) in [4.78, 5) is 0.103. The number of nitrogens with one attached hydrogen (secondary N) is 1. The summed E-state index contributed by atoms with van der Waals surface area (Å²) in [7, 11) is -3.61. The highest BCUT2D eigenvalue weighted by molar-refractivity contribution is 7.89. The van der Waals surface area contributed by atoms with Crippen LogP contribution in [0.4, 0.5) is 0 Å². The van der Waals surface area contributed by atoms with Crippen LogP contribution in [0.1, 0.15) is 24.8 Å². The normalized spacial score (nSPS) is 18.9. The molecular formula is C11H18N2O5S. The van der Waals surface area contributed by atoms with Crippen LogP contribution in [-0.4, -0.2) is 39.1 Å². The third kappa shape index (κ3) is 3.14. The molecule has 0 saturated carbocycles. The van der Waals surface area contributed by atoms with Crippen molar-refractivity contribution in [3.63, 3.8) is 0 Å². The zero-order valence-corrected chi connectivity index (χ0v) is 12.0. The van der Waals surface area contributed by atoms with Gasteiger partial charge in [-0.05, 0) is 20.8 Å². The van der Waals surface area contributed by atoms with Crippen molar-refractivity contribution in [3.05, 3.63) is 11.5 Å². The Balaban J connectivity index is 1.99. The topological polar surface area (TPSA) is 90.7 Å². The summed E-state index contributed by atoms with van der Waals surface area (Å²) in [6.07, 6.45) is 0.440. The van der Waals surface area contributed by atoms with Crippen molar-refractivity contribution in [2.24, 2.45) is 0 Å². The molecule has 0 unspecified atom stereocenters. The van der Waals surface area contributed by atoms with Gasteiger partial charge in [0, 0.05) is 13.0 Å². The minimum absolute atomic E-state index is 0.103. The number of aryl methyl sites for hydroxylation is 2. The van der Waals surface area contributed by atoms with Gasteiger partial charge in [0.05, 0.1) is 13.2 Å². The third-order valence-electron chi connectivity index (χ3n) is 3.01. The Morgan fingerprint density at radius 3 is 2.47 bits per heavy atom. The molecule has 108 valence electrons. The summed E-state index contributed by atoms with van der Waals surface area (Å²) < 4.78 is 42.4. The second-order valence-corrected chi connectivity index (χ2v) is 6.34. The molecule has 1 fully saturated rings. The van der Waals surface area contributed by atoms with Crippen molar-refractivity contribution in [1.29, 1.82) is 0 Å². The molecule has 0 bridgehead atoms. The Hall–Kier alpha value is -0.960. The van der Waals surface area contributed by atoms with Gasteiger partial charge in [-0.2, -0.15) is 0 Å². The van der Waals surface area contributed by atoms with Crippen molar-refractivity contribution >= 4 is 10.0 Å². The minimum Gasteiger partial charge on any atom is -0.360 e. The zero-order valence-electron chi connectivity index (χ0n) is 11.2. The van der Waals surface area contributed by atoms with Crippen LogP contribution < -0.4 is 4.72 Å². The molecule has 1 aromatic rings. The van der Waals surface area contributed by atoms with Crippen molar-refractivity contribution in [2.45, 2.75) is 37.9 Å². The number of sulfonamides is 1. The minimum atomic E-state index is -3.61. The van der Waals surface area contributed by atoms with Crippen molar-refractivity contribution in [1.82, 2.24) is 9.88 Å². The highest BCUT2D eigenvalue weighted by Crippen LogP contribution is 2.23. The lowest BCUT2D eigenvalue weighted by molar-refractivity contribution is -0.145. The molecule has 0 aromatic carbocycles. The van der Waals surface area contributed by atoms with Crippen LogP contribution in [0.15, 0.2) is 9.42 Å². The predicted molar refractivity (Wildman–Crippen MR) is 66.1 cm³/mol. The molecule has 0 amide bonds. The number of rotatable bonds is 5. The molecule has 1 N–H and O–H groups in total. The average Bonchev–Trinajstić information content (AvgIpc) is 2.86. The number of nitrogens with zero attached hydrogens (tertiary/aromatic N) is 1. The lowest BCUT2D eigenvalue weighted by atomic mass is 10.2. The molecule has 1 aliphatic rings. The largest absolute Gasteiger partial charge is 0.360 e. The van der Waals surface area contributed by atoms with Gasteiger partial charge in [0.2, 0.25) is 10.0 Å². The maximum Gasteiger partial charge on any atom is 0.245 e. The van der Waals surface area contributed by atoms with E-state index in [4.69, 9.17) is 14.0 Å². The van der Waals surface area contributed by atoms with Crippen molar-refractivity contribution in [2.75, 3.05) is 19.8 Å². The molecular weight excluding hydrogens is 272 g/mol. The zero-order chi connectivity index (χ0) is 14.1. The van der Waals surface area contributed by atoms with Crippen LogP contribution >= 0.6 is 0 Å². The van der Waals surface area contributed by atoms with Crippen LogP contribution in [-0.2, 0) is 19.5 Å². The average molecular weight is 290 g/mol. The molecule has 2 heterocycles. The maximum absolute atomic E-state index is 12.1. The summed E-state index contributed by atoms with van der Waals surface area (Å²) in [6.45, 7) is 6.25. The lowest BCUT2D eigenvalue weighted by Gasteiger charge is -2.22. The molecule has 2 rings (SSSR count). The summed E-state index contributed by atoms with van der Waals surface area (Å²) in [6, 6.07) is 0. The summed E-state index contributed by atoms with van der Waals surface area (Å²) in [5.41, 5.74) is 0.351. The summed E-state index contributed by atoms with van der Waals surface area (Å²) >= 11 is 0. The standard InChI is InChI=1S/C11H18N2O5S/c1-8-10(9(2)18-13-8)19(14,15)12-5-4-11(3)16-6-7-17-11/h12H,4-7H2,1-3H3. The first-order valence-electron chi connectivity index (χ1n) is 6.04. The Labute approximate surface area is 112 Å². The van der Waals surface area contributed by atoms with Crippen molar-refractivity contribution in [3.8, 4) is 0 Å². The summed E-state index contributed by atoms with van der Waals surface area (Å²) in [5.74, 6) is -0.425. The fourth-order valence-electron chi connectivity index (χ4n) is 2.04. The molecule has 1 aromatic heterocycles. The smallest absolute Gasteiger partial charge is 0.245 e. The van der Waals surface area contributed by atoms with Gasteiger partial charge in [0.15, 0.2) is 11.5 Å². The second-order valence-electron chi connectivity index (χ2n) is 4.63. The Morgan fingerprint density at radius 1 is 1.32 bits per heavy atom. The van der Waals surface area contributed by atoms with E-state index in [2.05, 4.69) is 9.88 Å². The van der Waals surface area contributed by atoms with Crippen LogP contribution in [0.25, 0.3) is 0 Å². The SMILES string of the molecule is Cc1noc(C)c1S(=O)(=O)NCCC1(C)OCCO1. The molecule has 1 aliphatic heterocycles. The molecule has 0 radical (unpaired) electrons. The highest BCUT2D eigenvalue weighted by Gasteiger charge is 2.31. The van der Waals surface area contributed by atoms with Crippen LogP contribution in [0.3, 0.4) is 0 Å². The highest BCUT2D eigenvalue weighted by atomic mass is 32.2. The third-order valence-corrected chi connectivity index (χ3v) is 4.71. The fraction of sp³-hybridized carbons (Fsp3) is 0.727. The molecule has 1 saturated heterocycles.